The van der Waals surface area contributed by atoms with Crippen molar-refractivity contribution in [1.29, 1.82) is 0 Å². The number of nitrogens with one attached hydrogen (secondary N) is 4. The van der Waals surface area contributed by atoms with Crippen LogP contribution in [0.25, 0.3) is 10.9 Å². The highest BCUT2D eigenvalue weighted by Gasteiger charge is 2.29. The van der Waals surface area contributed by atoms with Crippen LogP contribution >= 0.6 is 0 Å². The lowest BCUT2D eigenvalue weighted by Crippen LogP contribution is -2.56. The van der Waals surface area contributed by atoms with Crippen molar-refractivity contribution in [2.75, 3.05) is 13.1 Å². The highest BCUT2D eigenvalue weighted by Crippen LogP contribution is 2.19. The van der Waals surface area contributed by atoms with E-state index in [2.05, 4.69) is 25.9 Å². The molecule has 0 saturated carbocycles. The molecule has 0 spiro atoms. The summed E-state index contributed by atoms with van der Waals surface area (Å²) in [5.74, 6) is -3.31. The molecule has 1 heterocycles. The third-order valence-electron chi connectivity index (χ3n) is 6.25. The Hall–Kier alpha value is -4.13. The fraction of sp³-hybridized carbons (Fsp3) is 0.480. The third kappa shape index (κ3) is 9.07. The molecule has 0 radical (unpaired) electrons. The molecule has 2 aromatic rings. The molecular formula is C25H38N8O5. The number of rotatable bonds is 15. The van der Waals surface area contributed by atoms with Gasteiger partial charge in [-0.2, -0.15) is 0 Å². The average Bonchev–Trinajstić information content (AvgIpc) is 3.29. The highest BCUT2D eigenvalue weighted by atomic mass is 16.4. The molecule has 0 saturated heterocycles. The van der Waals surface area contributed by atoms with Crippen LogP contribution in [0, 0.1) is 5.92 Å². The first-order valence-corrected chi connectivity index (χ1v) is 12.5. The van der Waals surface area contributed by atoms with Crippen LogP contribution in [-0.2, 0) is 25.6 Å². The summed E-state index contributed by atoms with van der Waals surface area (Å²) in [4.78, 5) is 56.4. The Morgan fingerprint density at radius 2 is 1.82 bits per heavy atom. The Kier molecular flexibility index (Phi) is 11.5. The van der Waals surface area contributed by atoms with E-state index in [1.165, 1.54) is 0 Å². The predicted octanol–water partition coefficient (Wildman–Crippen LogP) is -0.692. The van der Waals surface area contributed by atoms with E-state index in [1.807, 2.05) is 31.2 Å². The second-order valence-corrected chi connectivity index (χ2v) is 9.17. The molecule has 0 aliphatic heterocycles. The van der Waals surface area contributed by atoms with Gasteiger partial charge in [0, 0.05) is 23.6 Å². The molecule has 1 aromatic carbocycles. The molecule has 13 nitrogen and oxygen atoms in total. The van der Waals surface area contributed by atoms with E-state index < -0.39 is 48.4 Å². The smallest absolute Gasteiger partial charge is 0.326 e. The Balaban J connectivity index is 1.92. The van der Waals surface area contributed by atoms with E-state index in [0.29, 0.717) is 12.8 Å². The van der Waals surface area contributed by atoms with Crippen molar-refractivity contribution >= 4 is 40.6 Å². The van der Waals surface area contributed by atoms with Crippen molar-refractivity contribution in [3.63, 3.8) is 0 Å². The van der Waals surface area contributed by atoms with E-state index in [4.69, 9.17) is 17.2 Å². The Labute approximate surface area is 221 Å². The van der Waals surface area contributed by atoms with Crippen LogP contribution in [0.1, 0.15) is 38.7 Å². The Morgan fingerprint density at radius 1 is 1.11 bits per heavy atom. The summed E-state index contributed by atoms with van der Waals surface area (Å²) in [7, 11) is 0. The number of H-pyrrole nitrogens is 1. The monoisotopic (exact) mass is 530 g/mol. The molecule has 0 aliphatic carbocycles. The Morgan fingerprint density at radius 3 is 2.47 bits per heavy atom. The number of aliphatic imine (C=N–C) groups is 1. The number of carbonyl (C=O) groups excluding carboxylic acids is 3. The van der Waals surface area contributed by atoms with Crippen molar-refractivity contribution in [3.8, 4) is 0 Å². The molecule has 0 bridgehead atoms. The van der Waals surface area contributed by atoms with E-state index in [9.17, 15) is 24.3 Å². The summed E-state index contributed by atoms with van der Waals surface area (Å²) in [6, 6.07) is 4.68. The van der Waals surface area contributed by atoms with Gasteiger partial charge in [-0.15, -0.1) is 0 Å². The number of fused-ring (bicyclic) bond motifs is 1. The molecular weight excluding hydrogens is 492 g/mol. The molecule has 13 heteroatoms. The number of carboxylic acid groups (broad SMARTS) is 1. The summed E-state index contributed by atoms with van der Waals surface area (Å²) in [5, 5.41) is 17.9. The molecule has 38 heavy (non-hydrogen) atoms. The van der Waals surface area contributed by atoms with E-state index in [0.717, 1.165) is 16.5 Å². The molecule has 1 aromatic heterocycles. The number of amides is 3. The van der Waals surface area contributed by atoms with Crippen LogP contribution in [0.5, 0.6) is 0 Å². The van der Waals surface area contributed by atoms with Gasteiger partial charge in [0.2, 0.25) is 17.7 Å². The normalized spacial score (nSPS) is 14.1. The van der Waals surface area contributed by atoms with Gasteiger partial charge < -0.3 is 43.2 Å². The highest BCUT2D eigenvalue weighted by molar-refractivity contribution is 5.93. The van der Waals surface area contributed by atoms with Crippen LogP contribution < -0.4 is 33.2 Å². The van der Waals surface area contributed by atoms with E-state index >= 15 is 0 Å². The van der Waals surface area contributed by atoms with Crippen LogP contribution in [0.4, 0.5) is 0 Å². The molecule has 2 rings (SSSR count). The second kappa shape index (κ2) is 14.6. The summed E-state index contributed by atoms with van der Waals surface area (Å²) < 4.78 is 0. The number of nitrogens with two attached hydrogens (primary N) is 3. The van der Waals surface area contributed by atoms with E-state index in [-0.39, 0.29) is 31.3 Å². The lowest BCUT2D eigenvalue weighted by Gasteiger charge is -2.25. The van der Waals surface area contributed by atoms with Crippen molar-refractivity contribution in [3.05, 3.63) is 36.0 Å². The number of carboxylic acids is 1. The first-order valence-electron chi connectivity index (χ1n) is 12.5. The number of aromatic nitrogens is 1. The molecule has 208 valence electrons. The van der Waals surface area contributed by atoms with Gasteiger partial charge in [-0.25, -0.2) is 4.79 Å². The van der Waals surface area contributed by atoms with Gasteiger partial charge in [0.25, 0.3) is 0 Å². The number of aromatic amines is 1. The van der Waals surface area contributed by atoms with Crippen molar-refractivity contribution < 1.29 is 24.3 Å². The maximum atomic E-state index is 12.9. The van der Waals surface area contributed by atoms with Gasteiger partial charge >= 0.3 is 5.97 Å². The molecule has 4 atom stereocenters. The van der Waals surface area contributed by atoms with Gasteiger partial charge in [-0.05, 0) is 36.8 Å². The maximum absolute atomic E-state index is 12.9. The topological polar surface area (TPSA) is 231 Å². The molecule has 3 amide bonds. The molecule has 11 N–H and O–H groups in total. The van der Waals surface area contributed by atoms with Crippen molar-refractivity contribution in [1.82, 2.24) is 20.9 Å². The fourth-order valence-electron chi connectivity index (χ4n) is 3.88. The maximum Gasteiger partial charge on any atom is 0.326 e. The molecule has 0 aliphatic rings. The minimum absolute atomic E-state index is 0.103. The van der Waals surface area contributed by atoms with Gasteiger partial charge in [0.1, 0.15) is 12.1 Å². The molecule has 4 unspecified atom stereocenters. The average molecular weight is 531 g/mol. The fourth-order valence-corrected chi connectivity index (χ4v) is 3.88. The minimum atomic E-state index is -1.22. The van der Waals surface area contributed by atoms with Crippen LogP contribution in [0.15, 0.2) is 35.5 Å². The number of hydrogen-bond donors (Lipinski definition) is 8. The number of carbonyl (C=O) groups is 4. The van der Waals surface area contributed by atoms with Crippen LogP contribution in [0.3, 0.4) is 0 Å². The number of hydrogen-bond acceptors (Lipinski definition) is 6. The lowest BCUT2D eigenvalue weighted by molar-refractivity contribution is -0.142. The van der Waals surface area contributed by atoms with Gasteiger partial charge in [-0.3, -0.25) is 19.4 Å². The first kappa shape index (κ1) is 30.1. The quantitative estimate of drug-likeness (QED) is 0.0832. The van der Waals surface area contributed by atoms with E-state index in [1.54, 1.807) is 13.1 Å². The number of nitrogens with zero attached hydrogens (tertiary/aromatic N) is 1. The summed E-state index contributed by atoms with van der Waals surface area (Å²) >= 11 is 0. The largest absolute Gasteiger partial charge is 0.480 e. The number of aliphatic carboxylic acids is 1. The number of benzene rings is 1. The standard InChI is InChI=1S/C25H38N8O5/c1-3-14(2)21(33-22(35)17(26)11-15-12-30-18-8-5-4-7-16(15)18)23(36)31-13-20(34)32-19(24(37)38)9-6-10-29-25(27)28/h4-5,7-8,12,14,17,19,21,30H,3,6,9-11,13,26H2,1-2H3,(H,31,36)(H,32,34)(H,33,35)(H,37,38)(H4,27,28,29). The molecule has 0 fully saturated rings. The van der Waals surface area contributed by atoms with Crippen LogP contribution in [-0.4, -0.2) is 71.0 Å². The second-order valence-electron chi connectivity index (χ2n) is 9.17. The van der Waals surface area contributed by atoms with Crippen molar-refractivity contribution in [2.24, 2.45) is 28.1 Å². The Bertz CT molecular complexity index is 1140. The zero-order valence-corrected chi connectivity index (χ0v) is 21.7. The minimum Gasteiger partial charge on any atom is -0.480 e. The van der Waals surface area contributed by atoms with Gasteiger partial charge in [0.05, 0.1) is 12.6 Å². The summed E-state index contributed by atoms with van der Waals surface area (Å²) in [6.45, 7) is 3.43. The SMILES string of the molecule is CCC(C)C(NC(=O)C(N)Cc1c[nH]c2ccccc12)C(=O)NCC(=O)NC(CCCN=C(N)N)C(=O)O. The van der Waals surface area contributed by atoms with Crippen molar-refractivity contribution in [2.45, 2.75) is 57.7 Å². The van der Waals surface area contributed by atoms with Gasteiger partial charge in [0.15, 0.2) is 5.96 Å². The number of para-hydroxylation sites is 1. The van der Waals surface area contributed by atoms with Gasteiger partial charge in [-0.1, -0.05) is 38.5 Å². The number of guanidine groups is 1. The summed E-state index contributed by atoms with van der Waals surface area (Å²) in [5.41, 5.74) is 18.5. The predicted molar refractivity (Wildman–Crippen MR) is 144 cm³/mol. The summed E-state index contributed by atoms with van der Waals surface area (Å²) in [6.07, 6.45) is 3.10. The zero-order valence-electron chi connectivity index (χ0n) is 21.7. The first-order chi connectivity index (χ1) is 18.0. The lowest BCUT2D eigenvalue weighted by atomic mass is 9.97. The zero-order chi connectivity index (χ0) is 28.2. The third-order valence-corrected chi connectivity index (χ3v) is 6.25. The van der Waals surface area contributed by atoms with Crippen LogP contribution in [0.2, 0.25) is 0 Å².